The molecule has 0 bridgehead atoms. The molecule has 2 aromatic rings. The number of nitriles is 1. The van der Waals surface area contributed by atoms with Gasteiger partial charge in [0.1, 0.15) is 18.4 Å². The number of benzene rings is 2. The van der Waals surface area contributed by atoms with Gasteiger partial charge in [-0.05, 0) is 29.8 Å². The van der Waals surface area contributed by atoms with E-state index in [4.69, 9.17) is 25.2 Å². The van der Waals surface area contributed by atoms with E-state index in [9.17, 15) is 0 Å². The smallest absolute Gasteiger partial charge is 0.163 e. The first-order valence-corrected chi connectivity index (χ1v) is 6.31. The molecular weight excluding hydrogens is 268 g/mol. The van der Waals surface area contributed by atoms with Crippen LogP contribution < -0.4 is 19.9 Å². The zero-order valence-electron chi connectivity index (χ0n) is 11.9. The van der Waals surface area contributed by atoms with Crippen LogP contribution in [0, 0.1) is 11.3 Å². The predicted molar refractivity (Wildman–Crippen MR) is 79.4 cm³/mol. The zero-order valence-corrected chi connectivity index (χ0v) is 11.9. The molecule has 0 fully saturated rings. The highest BCUT2D eigenvalue weighted by Gasteiger charge is 2.07. The van der Waals surface area contributed by atoms with E-state index in [1.165, 1.54) is 7.11 Å². The predicted octanol–water partition coefficient (Wildman–Crippen LogP) is 2.74. The van der Waals surface area contributed by atoms with Gasteiger partial charge in [-0.25, -0.2) is 0 Å². The molecule has 0 saturated heterocycles. The molecule has 0 atom stereocenters. The molecule has 0 unspecified atom stereocenters. The molecule has 0 aliphatic heterocycles. The Morgan fingerprint density at radius 2 is 1.76 bits per heavy atom. The molecule has 21 heavy (non-hydrogen) atoms. The SMILES string of the molecule is COc1cc(COc2cc(N)ccc2OC)ccc1C#N. The van der Waals surface area contributed by atoms with Crippen molar-refractivity contribution in [1.29, 1.82) is 5.26 Å². The normalized spacial score (nSPS) is 9.76. The highest BCUT2D eigenvalue weighted by atomic mass is 16.5. The van der Waals surface area contributed by atoms with Crippen molar-refractivity contribution in [3.63, 3.8) is 0 Å². The molecule has 2 N–H and O–H groups in total. The third-order valence-corrected chi connectivity index (χ3v) is 2.97. The van der Waals surface area contributed by atoms with Crippen LogP contribution in [-0.2, 0) is 6.61 Å². The second-order valence-electron chi connectivity index (χ2n) is 4.35. The molecule has 108 valence electrons. The number of anilines is 1. The Hall–Kier alpha value is -2.87. The van der Waals surface area contributed by atoms with Crippen LogP contribution in [0.2, 0.25) is 0 Å². The Morgan fingerprint density at radius 3 is 2.43 bits per heavy atom. The number of hydrogen-bond acceptors (Lipinski definition) is 5. The summed E-state index contributed by atoms with van der Waals surface area (Å²) in [5.74, 6) is 1.71. The van der Waals surface area contributed by atoms with Crippen LogP contribution >= 0.6 is 0 Å². The largest absolute Gasteiger partial charge is 0.495 e. The summed E-state index contributed by atoms with van der Waals surface area (Å²) in [6.07, 6.45) is 0. The average Bonchev–Trinajstić information content (AvgIpc) is 2.52. The van der Waals surface area contributed by atoms with Crippen molar-refractivity contribution < 1.29 is 14.2 Å². The molecule has 0 heterocycles. The minimum Gasteiger partial charge on any atom is -0.495 e. The highest BCUT2D eigenvalue weighted by Crippen LogP contribution is 2.30. The molecule has 2 aromatic carbocycles. The molecule has 0 radical (unpaired) electrons. The van der Waals surface area contributed by atoms with E-state index in [0.717, 1.165) is 5.56 Å². The maximum Gasteiger partial charge on any atom is 0.163 e. The van der Waals surface area contributed by atoms with E-state index < -0.39 is 0 Å². The number of hydrogen-bond donors (Lipinski definition) is 1. The molecular formula is C16H16N2O3. The van der Waals surface area contributed by atoms with Gasteiger partial charge >= 0.3 is 0 Å². The van der Waals surface area contributed by atoms with Gasteiger partial charge in [-0.15, -0.1) is 0 Å². The van der Waals surface area contributed by atoms with Gasteiger partial charge in [0.2, 0.25) is 0 Å². The van der Waals surface area contributed by atoms with Crippen molar-refractivity contribution in [1.82, 2.24) is 0 Å². The van der Waals surface area contributed by atoms with E-state index in [0.29, 0.717) is 35.1 Å². The fourth-order valence-electron chi connectivity index (χ4n) is 1.88. The number of rotatable bonds is 5. The van der Waals surface area contributed by atoms with Crippen molar-refractivity contribution in [2.75, 3.05) is 20.0 Å². The lowest BCUT2D eigenvalue weighted by atomic mass is 10.1. The minimum absolute atomic E-state index is 0.321. The minimum atomic E-state index is 0.321. The number of nitrogens with two attached hydrogens (primary N) is 1. The summed E-state index contributed by atoms with van der Waals surface area (Å²) in [4.78, 5) is 0. The van der Waals surface area contributed by atoms with E-state index in [1.807, 2.05) is 6.07 Å². The number of methoxy groups -OCH3 is 2. The molecule has 0 saturated carbocycles. The Labute approximate surface area is 123 Å². The van der Waals surface area contributed by atoms with Crippen LogP contribution in [0.1, 0.15) is 11.1 Å². The molecule has 2 rings (SSSR count). The molecule has 0 amide bonds. The van der Waals surface area contributed by atoms with Crippen molar-refractivity contribution in [3.8, 4) is 23.3 Å². The summed E-state index contributed by atoms with van der Waals surface area (Å²) in [5.41, 5.74) is 7.72. The summed E-state index contributed by atoms with van der Waals surface area (Å²) in [6.45, 7) is 0.321. The fraction of sp³-hybridized carbons (Fsp3) is 0.188. The second-order valence-corrected chi connectivity index (χ2v) is 4.35. The van der Waals surface area contributed by atoms with Crippen LogP contribution in [0.25, 0.3) is 0 Å². The van der Waals surface area contributed by atoms with Crippen LogP contribution in [0.4, 0.5) is 5.69 Å². The standard InChI is InChI=1S/C16H16N2O3/c1-19-14-6-5-13(18)8-16(14)21-10-11-3-4-12(9-17)15(7-11)20-2/h3-8H,10,18H2,1-2H3. The Morgan fingerprint density at radius 1 is 1.00 bits per heavy atom. The number of nitrogens with zero attached hydrogens (tertiary/aromatic N) is 1. The van der Waals surface area contributed by atoms with Gasteiger partial charge in [-0.3, -0.25) is 0 Å². The van der Waals surface area contributed by atoms with Crippen LogP contribution in [0.3, 0.4) is 0 Å². The molecule has 0 aromatic heterocycles. The lowest BCUT2D eigenvalue weighted by molar-refractivity contribution is 0.284. The van der Waals surface area contributed by atoms with Crippen molar-refractivity contribution in [2.45, 2.75) is 6.61 Å². The maximum absolute atomic E-state index is 8.96. The Kier molecular flexibility index (Phi) is 4.52. The van der Waals surface area contributed by atoms with Gasteiger partial charge in [0.05, 0.1) is 19.8 Å². The van der Waals surface area contributed by atoms with E-state index in [-0.39, 0.29) is 0 Å². The topological polar surface area (TPSA) is 77.5 Å². The summed E-state index contributed by atoms with van der Waals surface area (Å²) in [7, 11) is 3.10. The monoisotopic (exact) mass is 284 g/mol. The maximum atomic E-state index is 8.96. The van der Waals surface area contributed by atoms with Crippen LogP contribution in [-0.4, -0.2) is 14.2 Å². The van der Waals surface area contributed by atoms with Gasteiger partial charge in [0.15, 0.2) is 11.5 Å². The number of ether oxygens (including phenoxy) is 3. The van der Waals surface area contributed by atoms with Gasteiger partial charge in [-0.2, -0.15) is 5.26 Å². The van der Waals surface area contributed by atoms with Gasteiger partial charge in [-0.1, -0.05) is 6.07 Å². The lowest BCUT2D eigenvalue weighted by Crippen LogP contribution is -2.00. The molecule has 5 heteroatoms. The van der Waals surface area contributed by atoms with Gasteiger partial charge in [0, 0.05) is 11.8 Å². The molecule has 0 aliphatic rings. The van der Waals surface area contributed by atoms with E-state index in [1.54, 1.807) is 37.4 Å². The fourth-order valence-corrected chi connectivity index (χ4v) is 1.88. The first-order chi connectivity index (χ1) is 10.2. The van der Waals surface area contributed by atoms with Crippen LogP contribution in [0.5, 0.6) is 17.2 Å². The summed E-state index contributed by atoms with van der Waals surface area (Å²) in [6, 6.07) is 12.6. The molecule has 5 nitrogen and oxygen atoms in total. The third kappa shape index (κ3) is 3.37. The van der Waals surface area contributed by atoms with Crippen LogP contribution in [0.15, 0.2) is 36.4 Å². The third-order valence-electron chi connectivity index (χ3n) is 2.97. The average molecular weight is 284 g/mol. The van der Waals surface area contributed by atoms with Crippen molar-refractivity contribution in [2.24, 2.45) is 0 Å². The van der Waals surface area contributed by atoms with Gasteiger partial charge < -0.3 is 19.9 Å². The summed E-state index contributed by atoms with van der Waals surface area (Å²) in [5, 5.41) is 8.96. The summed E-state index contributed by atoms with van der Waals surface area (Å²) < 4.78 is 16.1. The molecule has 0 aliphatic carbocycles. The number of nitrogen functional groups attached to an aromatic ring is 1. The van der Waals surface area contributed by atoms with Gasteiger partial charge in [0.25, 0.3) is 0 Å². The Balaban J connectivity index is 2.17. The van der Waals surface area contributed by atoms with E-state index in [2.05, 4.69) is 6.07 Å². The highest BCUT2D eigenvalue weighted by molar-refractivity contribution is 5.52. The second kappa shape index (κ2) is 6.53. The Bertz CT molecular complexity index is 678. The van der Waals surface area contributed by atoms with Crippen molar-refractivity contribution in [3.05, 3.63) is 47.5 Å². The first kappa shape index (κ1) is 14.5. The van der Waals surface area contributed by atoms with E-state index >= 15 is 0 Å². The zero-order chi connectivity index (χ0) is 15.2. The quantitative estimate of drug-likeness (QED) is 0.854. The lowest BCUT2D eigenvalue weighted by Gasteiger charge is -2.12. The summed E-state index contributed by atoms with van der Waals surface area (Å²) >= 11 is 0. The molecule has 0 spiro atoms. The first-order valence-electron chi connectivity index (χ1n) is 6.31. The van der Waals surface area contributed by atoms with Crippen molar-refractivity contribution >= 4 is 5.69 Å².